The number of rotatable bonds is 9. The van der Waals surface area contributed by atoms with Gasteiger partial charge in [-0.1, -0.05) is 18.2 Å². The maximum Gasteiger partial charge on any atom is 0.265 e. The van der Waals surface area contributed by atoms with Crippen LogP contribution >= 0.6 is 11.3 Å². The van der Waals surface area contributed by atoms with E-state index >= 15 is 4.39 Å². The van der Waals surface area contributed by atoms with Crippen LogP contribution in [0.3, 0.4) is 0 Å². The maximum absolute atomic E-state index is 15.2. The number of piperidine rings is 1. The molecule has 2 aliphatic rings. The Hall–Kier alpha value is -4.92. The van der Waals surface area contributed by atoms with Gasteiger partial charge in [-0.15, -0.1) is 11.3 Å². The van der Waals surface area contributed by atoms with Gasteiger partial charge in [0.15, 0.2) is 0 Å². The summed E-state index contributed by atoms with van der Waals surface area (Å²) >= 11 is 1.40. The van der Waals surface area contributed by atoms with Gasteiger partial charge in [0.05, 0.1) is 19.3 Å². The number of aromatic nitrogens is 3. The fraction of sp³-hybridized carbons (Fsp3) is 0.333. The van der Waals surface area contributed by atoms with Crippen molar-refractivity contribution in [3.05, 3.63) is 105 Å². The van der Waals surface area contributed by atoms with E-state index in [4.69, 9.17) is 4.74 Å². The summed E-state index contributed by atoms with van der Waals surface area (Å²) in [6, 6.07) is 14.4. The van der Waals surface area contributed by atoms with Gasteiger partial charge >= 0.3 is 0 Å². The number of pyridine rings is 1. The molecular weight excluding hydrogens is 655 g/mol. The number of benzene rings is 2. The highest BCUT2D eigenvalue weighted by atomic mass is 32.1. The number of halogens is 2. The van der Waals surface area contributed by atoms with Crippen LogP contribution in [0.1, 0.15) is 65.5 Å². The lowest BCUT2D eigenvalue weighted by molar-refractivity contribution is -0.129. The van der Waals surface area contributed by atoms with Gasteiger partial charge in [0, 0.05) is 46.2 Å². The van der Waals surface area contributed by atoms with Gasteiger partial charge in [-0.2, -0.15) is 5.26 Å². The van der Waals surface area contributed by atoms with Gasteiger partial charge in [0.2, 0.25) is 0 Å². The number of fused-ring (bicyclic) bond motifs is 2. The number of carbonyl (C=O) groups excluding carboxylic acids is 1. The van der Waals surface area contributed by atoms with E-state index in [2.05, 4.69) is 44.1 Å². The molecule has 1 N–H and O–H groups in total. The lowest BCUT2D eigenvalue weighted by Crippen LogP contribution is -2.39. The molecule has 7 rings (SSSR count). The first-order valence-corrected chi connectivity index (χ1v) is 17.9. The second kappa shape index (κ2) is 14.5. The lowest BCUT2D eigenvalue weighted by atomic mass is 9.87. The molecule has 1 fully saturated rings. The van der Waals surface area contributed by atoms with Gasteiger partial charge in [-0.05, 0) is 106 Å². The zero-order valence-corrected chi connectivity index (χ0v) is 28.9. The van der Waals surface area contributed by atoms with Crippen molar-refractivity contribution >= 4 is 34.4 Å². The number of thiazole rings is 1. The quantitative estimate of drug-likeness (QED) is 0.125. The van der Waals surface area contributed by atoms with Crippen LogP contribution < -0.4 is 4.74 Å². The Bertz CT molecular complexity index is 2100. The molecule has 5 heterocycles. The normalized spacial score (nSPS) is 17.1. The molecule has 5 aromatic rings. The molecule has 0 bridgehead atoms. The standard InChI is InChI=1S/C39H38F2N6O2S/c1-24-29-7-3-5-25(30(29)12-17-47(24)39(48)27(22-42)19-36-43-13-18-50-36)6-4-14-46-15-10-26(11-16-46)34-21-32-37(33(41)23-44-38(32)45-34)31-20-28(40)8-9-35(31)49-2/h3,5,7-9,13,18-21,23-24,26H,4,6,10-12,14-17H2,1-2H3,(H,44,45)/b27-19-. The zero-order valence-electron chi connectivity index (χ0n) is 28.1. The molecule has 0 radical (unpaired) electrons. The number of nitrogens with one attached hydrogen (secondary N) is 1. The van der Waals surface area contributed by atoms with E-state index in [1.807, 2.05) is 18.4 Å². The highest BCUT2D eigenvalue weighted by Gasteiger charge is 2.31. The number of amides is 1. The Morgan fingerprint density at radius 1 is 1.16 bits per heavy atom. The molecule has 0 saturated carbocycles. The van der Waals surface area contributed by atoms with Crippen LogP contribution in [-0.4, -0.2) is 63.9 Å². The summed E-state index contributed by atoms with van der Waals surface area (Å²) in [5, 5.41) is 12.8. The molecule has 8 nitrogen and oxygen atoms in total. The molecule has 0 spiro atoms. The summed E-state index contributed by atoms with van der Waals surface area (Å²) in [6.07, 6.45) is 9.12. The Labute approximate surface area is 294 Å². The van der Waals surface area contributed by atoms with Gasteiger partial charge in [0.1, 0.15) is 39.7 Å². The van der Waals surface area contributed by atoms with Crippen LogP contribution in [0.5, 0.6) is 5.75 Å². The minimum Gasteiger partial charge on any atom is -0.496 e. The van der Waals surface area contributed by atoms with Crippen LogP contribution in [0.4, 0.5) is 8.78 Å². The third-order valence-electron chi connectivity index (χ3n) is 10.2. The minimum atomic E-state index is -0.519. The fourth-order valence-corrected chi connectivity index (χ4v) is 8.15. The number of likely N-dealkylation sites (tertiary alicyclic amines) is 1. The molecule has 11 heteroatoms. The lowest BCUT2D eigenvalue weighted by Gasteiger charge is -2.36. The number of carbonyl (C=O) groups is 1. The number of ether oxygens (including phenoxy) is 1. The number of methoxy groups -OCH3 is 1. The Balaban J connectivity index is 0.968. The second-order valence-electron chi connectivity index (χ2n) is 13.0. The summed E-state index contributed by atoms with van der Waals surface area (Å²) in [5.41, 5.74) is 6.18. The number of nitrogens with zero attached hydrogens (tertiary/aromatic N) is 5. The predicted molar refractivity (Wildman–Crippen MR) is 191 cm³/mol. The molecule has 2 aliphatic heterocycles. The first kappa shape index (κ1) is 33.6. The average Bonchev–Trinajstić information content (AvgIpc) is 3.81. The van der Waals surface area contributed by atoms with Crippen molar-refractivity contribution in [2.45, 2.75) is 51.0 Å². The van der Waals surface area contributed by atoms with Crippen LogP contribution in [0.25, 0.3) is 28.2 Å². The Kier molecular flexibility index (Phi) is 9.74. The van der Waals surface area contributed by atoms with Crippen molar-refractivity contribution in [2.75, 3.05) is 33.3 Å². The maximum atomic E-state index is 15.2. The fourth-order valence-electron chi connectivity index (χ4n) is 7.58. The molecule has 256 valence electrons. The highest BCUT2D eigenvalue weighted by Crippen LogP contribution is 2.39. The van der Waals surface area contributed by atoms with Crippen LogP contribution in [0.15, 0.2) is 65.8 Å². The number of aryl methyl sites for hydroxylation is 1. The largest absolute Gasteiger partial charge is 0.496 e. The second-order valence-corrected chi connectivity index (χ2v) is 13.9. The summed E-state index contributed by atoms with van der Waals surface area (Å²) < 4.78 is 34.8. The van der Waals surface area contributed by atoms with Crippen molar-refractivity contribution in [3.63, 3.8) is 0 Å². The van der Waals surface area contributed by atoms with Crippen molar-refractivity contribution in [1.82, 2.24) is 24.8 Å². The molecular formula is C39H38F2N6O2S. The third kappa shape index (κ3) is 6.65. The van der Waals surface area contributed by atoms with Crippen molar-refractivity contribution in [2.24, 2.45) is 0 Å². The summed E-state index contributed by atoms with van der Waals surface area (Å²) in [6.45, 7) is 5.53. The van der Waals surface area contributed by atoms with E-state index in [0.717, 1.165) is 63.0 Å². The van der Waals surface area contributed by atoms with Crippen molar-refractivity contribution in [1.29, 1.82) is 5.26 Å². The van der Waals surface area contributed by atoms with Crippen molar-refractivity contribution in [3.8, 4) is 22.9 Å². The highest BCUT2D eigenvalue weighted by molar-refractivity contribution is 7.10. The van der Waals surface area contributed by atoms with E-state index in [1.54, 1.807) is 17.2 Å². The topological polar surface area (TPSA) is 98.1 Å². The first-order chi connectivity index (χ1) is 24.3. The Morgan fingerprint density at radius 2 is 2.00 bits per heavy atom. The van der Waals surface area contributed by atoms with E-state index in [1.165, 1.54) is 54.0 Å². The van der Waals surface area contributed by atoms with E-state index in [9.17, 15) is 14.4 Å². The Morgan fingerprint density at radius 3 is 2.76 bits per heavy atom. The monoisotopic (exact) mass is 692 g/mol. The van der Waals surface area contributed by atoms with Crippen LogP contribution in [-0.2, 0) is 17.6 Å². The number of nitriles is 1. The third-order valence-corrected chi connectivity index (χ3v) is 10.9. The molecule has 1 atom stereocenters. The average molecular weight is 693 g/mol. The minimum absolute atomic E-state index is 0.111. The zero-order chi connectivity index (χ0) is 34.8. The van der Waals surface area contributed by atoms with E-state index in [0.29, 0.717) is 39.5 Å². The number of hydrogen-bond donors (Lipinski definition) is 1. The van der Waals surface area contributed by atoms with Gasteiger partial charge in [-0.25, -0.2) is 18.7 Å². The molecule has 50 heavy (non-hydrogen) atoms. The van der Waals surface area contributed by atoms with Gasteiger partial charge in [-0.3, -0.25) is 4.79 Å². The summed E-state index contributed by atoms with van der Waals surface area (Å²) in [7, 11) is 1.49. The number of hydrogen-bond acceptors (Lipinski definition) is 7. The first-order valence-electron chi connectivity index (χ1n) is 17.0. The summed E-state index contributed by atoms with van der Waals surface area (Å²) in [4.78, 5) is 29.6. The van der Waals surface area contributed by atoms with Gasteiger partial charge in [0.25, 0.3) is 5.91 Å². The van der Waals surface area contributed by atoms with E-state index < -0.39 is 11.6 Å². The summed E-state index contributed by atoms with van der Waals surface area (Å²) in [5.74, 6) is -0.536. The molecule has 1 amide bonds. The molecule has 1 unspecified atom stereocenters. The van der Waals surface area contributed by atoms with Crippen LogP contribution in [0.2, 0.25) is 0 Å². The molecule has 3 aromatic heterocycles. The van der Waals surface area contributed by atoms with Gasteiger partial charge < -0.3 is 19.5 Å². The number of H-pyrrole nitrogens is 1. The molecule has 1 saturated heterocycles. The van der Waals surface area contributed by atoms with Crippen LogP contribution in [0, 0.1) is 23.0 Å². The SMILES string of the molecule is COc1ccc(F)cc1-c1c(F)cnc2[nH]c(C3CCN(CCCc4cccc5c4CCN(C(=O)/C(C#N)=C\c4nccs4)C5C)CC3)cc12. The number of aromatic amines is 1. The van der Waals surface area contributed by atoms with Crippen molar-refractivity contribution < 1.29 is 18.3 Å². The van der Waals surface area contributed by atoms with E-state index in [-0.39, 0.29) is 23.4 Å². The molecule has 2 aromatic carbocycles. The predicted octanol–water partition coefficient (Wildman–Crippen LogP) is 7.84. The molecule has 0 aliphatic carbocycles. The smallest absolute Gasteiger partial charge is 0.265 e.